The van der Waals surface area contributed by atoms with Gasteiger partial charge in [-0.2, -0.15) is 5.10 Å². The Balaban J connectivity index is 1.47. The van der Waals surface area contributed by atoms with Crippen LogP contribution in [0.15, 0.2) is 16.9 Å². The Labute approximate surface area is 140 Å². The normalized spacial score (nSPS) is 37.3. The van der Waals surface area contributed by atoms with E-state index in [9.17, 15) is 4.79 Å². The molecule has 5 heteroatoms. The van der Waals surface area contributed by atoms with Crippen LogP contribution >= 0.6 is 15.9 Å². The highest BCUT2D eigenvalue weighted by Crippen LogP contribution is 2.53. The van der Waals surface area contributed by atoms with Crippen LogP contribution in [0.2, 0.25) is 0 Å². The molecule has 1 N–H and O–H groups in total. The first-order valence-corrected chi connectivity index (χ1v) is 9.43. The Morgan fingerprint density at radius 2 is 1.95 bits per heavy atom. The minimum Gasteiger partial charge on any atom is -0.351 e. The lowest BCUT2D eigenvalue weighted by Crippen LogP contribution is -2.56. The molecule has 0 radical (unpaired) electrons. The lowest BCUT2D eigenvalue weighted by molar-refractivity contribution is -0.128. The Bertz CT molecular complexity index is 542. The standard InChI is InChI=1S/C17H24BrN3O/c1-2-15(21-9-14(18)8-19-21)17(22)20-16-12-4-10-3-11(6-12)7-13(16)5-10/h8-13,15-16H,2-7H2,1H3,(H,20,22). The maximum atomic E-state index is 12.8. The quantitative estimate of drug-likeness (QED) is 0.886. The number of carbonyl (C=O) groups is 1. The predicted octanol–water partition coefficient (Wildman–Crippen LogP) is 3.54. The third kappa shape index (κ3) is 2.51. The van der Waals surface area contributed by atoms with Crippen molar-refractivity contribution in [1.29, 1.82) is 0 Å². The number of hydrogen-bond donors (Lipinski definition) is 1. The number of halogens is 1. The van der Waals surface area contributed by atoms with Crippen LogP contribution in [0.3, 0.4) is 0 Å². The molecule has 4 aliphatic carbocycles. The number of amides is 1. The first kappa shape index (κ1) is 14.7. The zero-order valence-electron chi connectivity index (χ0n) is 13.0. The van der Waals surface area contributed by atoms with Crippen molar-refractivity contribution in [2.75, 3.05) is 0 Å². The Kier molecular flexibility index (Phi) is 3.79. The second-order valence-corrected chi connectivity index (χ2v) is 8.44. The van der Waals surface area contributed by atoms with E-state index >= 15 is 0 Å². The molecule has 0 saturated heterocycles. The Morgan fingerprint density at radius 3 is 2.45 bits per heavy atom. The van der Waals surface area contributed by atoms with E-state index in [-0.39, 0.29) is 11.9 Å². The zero-order valence-corrected chi connectivity index (χ0v) is 14.6. The number of nitrogens with zero attached hydrogens (tertiary/aromatic N) is 2. The molecular formula is C17H24BrN3O. The Morgan fingerprint density at radius 1 is 1.32 bits per heavy atom. The summed E-state index contributed by atoms with van der Waals surface area (Å²) in [6, 6.07) is 0.219. The molecule has 4 nitrogen and oxygen atoms in total. The summed E-state index contributed by atoms with van der Waals surface area (Å²) in [7, 11) is 0. The molecule has 0 spiro atoms. The van der Waals surface area contributed by atoms with Crippen LogP contribution in [0.25, 0.3) is 0 Å². The fraction of sp³-hybridized carbons (Fsp3) is 0.765. The molecule has 0 aliphatic heterocycles. The van der Waals surface area contributed by atoms with Gasteiger partial charge in [-0.15, -0.1) is 0 Å². The Hall–Kier alpha value is -0.840. The van der Waals surface area contributed by atoms with Gasteiger partial charge in [0.05, 0.1) is 10.7 Å². The van der Waals surface area contributed by atoms with Gasteiger partial charge < -0.3 is 5.32 Å². The molecule has 4 saturated carbocycles. The van der Waals surface area contributed by atoms with Crippen LogP contribution in [-0.2, 0) is 4.79 Å². The van der Waals surface area contributed by atoms with Crippen LogP contribution in [0.1, 0.15) is 51.5 Å². The topological polar surface area (TPSA) is 46.9 Å². The first-order chi connectivity index (χ1) is 10.6. The van der Waals surface area contributed by atoms with E-state index in [2.05, 4.69) is 33.3 Å². The van der Waals surface area contributed by atoms with Gasteiger partial charge in [-0.3, -0.25) is 9.48 Å². The van der Waals surface area contributed by atoms with Gasteiger partial charge in [-0.25, -0.2) is 0 Å². The summed E-state index contributed by atoms with van der Waals surface area (Å²) < 4.78 is 2.71. The molecular weight excluding hydrogens is 342 g/mol. The molecule has 1 aromatic rings. The molecule has 1 aromatic heterocycles. The minimum atomic E-state index is -0.191. The van der Waals surface area contributed by atoms with Crippen molar-refractivity contribution >= 4 is 21.8 Å². The second-order valence-electron chi connectivity index (χ2n) is 7.53. The van der Waals surface area contributed by atoms with Crippen molar-refractivity contribution < 1.29 is 4.79 Å². The molecule has 0 aromatic carbocycles. The monoisotopic (exact) mass is 365 g/mol. The second kappa shape index (κ2) is 5.66. The predicted molar refractivity (Wildman–Crippen MR) is 88.2 cm³/mol. The number of carbonyl (C=O) groups excluding carboxylic acids is 1. The largest absolute Gasteiger partial charge is 0.351 e. The molecule has 1 amide bonds. The highest BCUT2D eigenvalue weighted by molar-refractivity contribution is 9.10. The van der Waals surface area contributed by atoms with Crippen molar-refractivity contribution in [3.8, 4) is 0 Å². The van der Waals surface area contributed by atoms with Crippen molar-refractivity contribution in [3.63, 3.8) is 0 Å². The summed E-state index contributed by atoms with van der Waals surface area (Å²) in [5, 5.41) is 7.71. The molecule has 5 rings (SSSR count). The van der Waals surface area contributed by atoms with Crippen LogP contribution in [0.5, 0.6) is 0 Å². The summed E-state index contributed by atoms with van der Waals surface area (Å²) in [6.07, 6.45) is 11.2. The van der Waals surface area contributed by atoms with Crippen molar-refractivity contribution in [3.05, 3.63) is 16.9 Å². The summed E-state index contributed by atoms with van der Waals surface area (Å²) in [6.45, 7) is 2.05. The molecule has 4 aliphatic rings. The van der Waals surface area contributed by atoms with E-state index < -0.39 is 0 Å². The fourth-order valence-electron chi connectivity index (χ4n) is 5.40. The highest BCUT2D eigenvalue weighted by Gasteiger charge is 2.48. The number of nitrogens with one attached hydrogen (secondary N) is 1. The minimum absolute atomic E-state index is 0.149. The van der Waals surface area contributed by atoms with Crippen LogP contribution in [-0.4, -0.2) is 21.7 Å². The van der Waals surface area contributed by atoms with E-state index in [1.54, 1.807) is 10.9 Å². The summed E-state index contributed by atoms with van der Waals surface area (Å²) in [4.78, 5) is 12.8. The SMILES string of the molecule is CCC(C(=O)NC1C2CC3CC(C2)CC1C3)n1cc(Br)cn1. The van der Waals surface area contributed by atoms with E-state index in [0.717, 1.165) is 34.6 Å². The van der Waals surface area contributed by atoms with Crippen molar-refractivity contribution in [2.24, 2.45) is 23.7 Å². The highest BCUT2D eigenvalue weighted by atomic mass is 79.9. The van der Waals surface area contributed by atoms with E-state index in [1.807, 2.05) is 6.20 Å². The lowest BCUT2D eigenvalue weighted by Gasteiger charge is -2.54. The van der Waals surface area contributed by atoms with E-state index in [1.165, 1.54) is 32.1 Å². The maximum Gasteiger partial charge on any atom is 0.245 e. The molecule has 120 valence electrons. The fourth-order valence-corrected chi connectivity index (χ4v) is 5.70. The number of rotatable bonds is 4. The average molecular weight is 366 g/mol. The van der Waals surface area contributed by atoms with Gasteiger partial charge in [-0.1, -0.05) is 6.92 Å². The van der Waals surface area contributed by atoms with Crippen molar-refractivity contribution in [1.82, 2.24) is 15.1 Å². The zero-order chi connectivity index (χ0) is 15.3. The molecule has 4 bridgehead atoms. The van der Waals surface area contributed by atoms with Crippen LogP contribution in [0.4, 0.5) is 0 Å². The molecule has 4 fully saturated rings. The van der Waals surface area contributed by atoms with Gasteiger partial charge in [0.1, 0.15) is 6.04 Å². The third-order valence-corrected chi connectivity index (χ3v) is 6.52. The third-order valence-electron chi connectivity index (χ3n) is 6.11. The van der Waals surface area contributed by atoms with Gasteiger partial charge >= 0.3 is 0 Å². The van der Waals surface area contributed by atoms with E-state index in [0.29, 0.717) is 6.04 Å². The van der Waals surface area contributed by atoms with Gasteiger partial charge in [0, 0.05) is 12.2 Å². The summed E-state index contributed by atoms with van der Waals surface area (Å²) in [5.74, 6) is 3.49. The molecule has 1 unspecified atom stereocenters. The number of aromatic nitrogens is 2. The van der Waals surface area contributed by atoms with Crippen LogP contribution < -0.4 is 5.32 Å². The first-order valence-electron chi connectivity index (χ1n) is 8.64. The van der Waals surface area contributed by atoms with Crippen molar-refractivity contribution in [2.45, 2.75) is 57.5 Å². The molecule has 22 heavy (non-hydrogen) atoms. The smallest absolute Gasteiger partial charge is 0.245 e. The number of hydrogen-bond acceptors (Lipinski definition) is 2. The maximum absolute atomic E-state index is 12.8. The van der Waals surface area contributed by atoms with Gasteiger partial charge in [0.25, 0.3) is 0 Å². The molecule has 1 atom stereocenters. The van der Waals surface area contributed by atoms with Gasteiger partial charge in [0.2, 0.25) is 5.91 Å². The van der Waals surface area contributed by atoms with E-state index in [4.69, 9.17) is 0 Å². The van der Waals surface area contributed by atoms with Gasteiger partial charge in [-0.05, 0) is 78.1 Å². The average Bonchev–Trinajstić information content (AvgIpc) is 2.89. The molecule has 1 heterocycles. The lowest BCUT2D eigenvalue weighted by atomic mass is 9.54. The van der Waals surface area contributed by atoms with Gasteiger partial charge in [0.15, 0.2) is 0 Å². The van der Waals surface area contributed by atoms with Crippen LogP contribution in [0, 0.1) is 23.7 Å². The summed E-state index contributed by atoms with van der Waals surface area (Å²) >= 11 is 3.41. The summed E-state index contributed by atoms with van der Waals surface area (Å²) in [5.41, 5.74) is 0.